The second-order valence-electron chi connectivity index (χ2n) is 7.59. The highest BCUT2D eigenvalue weighted by Gasteiger charge is 2.56. The van der Waals surface area contributed by atoms with E-state index in [1.165, 1.54) is 12.8 Å². The maximum atomic E-state index is 9.92. The summed E-state index contributed by atoms with van der Waals surface area (Å²) in [6, 6.07) is 0. The minimum absolute atomic E-state index is 0.470. The Morgan fingerprint density at radius 3 is 2.00 bits per heavy atom. The summed E-state index contributed by atoms with van der Waals surface area (Å²) in [4.78, 5) is 2.46. The van der Waals surface area contributed by atoms with Crippen LogP contribution >= 0.6 is 0 Å². The molecule has 0 spiro atoms. The van der Waals surface area contributed by atoms with Crippen LogP contribution in [0.2, 0.25) is 0 Å². The molecule has 0 radical (unpaired) electrons. The predicted molar refractivity (Wildman–Crippen MR) is 67.3 cm³/mol. The normalized spacial score (nSPS) is 45.0. The molecule has 1 aliphatic carbocycles. The van der Waals surface area contributed by atoms with Crippen LogP contribution in [0.1, 0.15) is 47.5 Å². The average Bonchev–Trinajstić information content (AvgIpc) is 2.26. The third kappa shape index (κ3) is 2.02. The first-order chi connectivity index (χ1) is 7.14. The molecule has 1 saturated carbocycles. The smallest absolute Gasteiger partial charge is 0.0718 e. The minimum atomic E-state index is -0.559. The standard InChI is InChI=1S/C14H27NO/c1-11-6-13(4)9-15(8-12(2,3)16)10-14(13,5)7-11/h11,16H,6-10H2,1-5H3. The van der Waals surface area contributed by atoms with Crippen LogP contribution in [0.15, 0.2) is 0 Å². The van der Waals surface area contributed by atoms with Gasteiger partial charge in [0.1, 0.15) is 0 Å². The fourth-order valence-electron chi connectivity index (χ4n) is 4.32. The van der Waals surface area contributed by atoms with Gasteiger partial charge >= 0.3 is 0 Å². The first kappa shape index (κ1) is 12.4. The number of aliphatic hydroxyl groups is 1. The molecule has 0 amide bonds. The van der Waals surface area contributed by atoms with Crippen molar-refractivity contribution in [3.05, 3.63) is 0 Å². The lowest BCUT2D eigenvalue weighted by Gasteiger charge is -2.32. The fraction of sp³-hybridized carbons (Fsp3) is 1.00. The summed E-state index contributed by atoms with van der Waals surface area (Å²) < 4.78 is 0. The average molecular weight is 225 g/mol. The molecule has 0 aromatic rings. The SMILES string of the molecule is CC1CC2(C)CN(CC(C)(C)O)CC2(C)C1. The Hall–Kier alpha value is -0.0800. The van der Waals surface area contributed by atoms with E-state index in [4.69, 9.17) is 0 Å². The summed E-state index contributed by atoms with van der Waals surface area (Å²) in [6.07, 6.45) is 2.71. The van der Waals surface area contributed by atoms with Gasteiger partial charge < -0.3 is 5.11 Å². The van der Waals surface area contributed by atoms with Gasteiger partial charge in [-0.05, 0) is 43.4 Å². The van der Waals surface area contributed by atoms with Gasteiger partial charge in [-0.3, -0.25) is 4.90 Å². The van der Waals surface area contributed by atoms with Crippen molar-refractivity contribution in [3.8, 4) is 0 Å². The Balaban J connectivity index is 2.08. The van der Waals surface area contributed by atoms with Crippen molar-refractivity contribution in [2.45, 2.75) is 53.1 Å². The van der Waals surface area contributed by atoms with Gasteiger partial charge in [0.2, 0.25) is 0 Å². The number of hydrogen-bond acceptors (Lipinski definition) is 2. The van der Waals surface area contributed by atoms with Crippen molar-refractivity contribution in [2.24, 2.45) is 16.7 Å². The molecule has 1 aliphatic heterocycles. The second kappa shape index (κ2) is 3.46. The lowest BCUT2D eigenvalue weighted by atomic mass is 9.71. The molecule has 94 valence electrons. The molecule has 2 nitrogen and oxygen atoms in total. The quantitative estimate of drug-likeness (QED) is 0.780. The summed E-state index contributed by atoms with van der Waals surface area (Å²) in [5.74, 6) is 0.874. The number of nitrogens with zero attached hydrogens (tertiary/aromatic N) is 1. The van der Waals surface area contributed by atoms with Crippen LogP contribution in [0.5, 0.6) is 0 Å². The summed E-state index contributed by atoms with van der Waals surface area (Å²) in [5.41, 5.74) is 0.381. The molecule has 1 N–H and O–H groups in total. The Morgan fingerprint density at radius 2 is 1.62 bits per heavy atom. The lowest BCUT2D eigenvalue weighted by Crippen LogP contribution is -2.38. The maximum absolute atomic E-state index is 9.92. The van der Waals surface area contributed by atoms with Gasteiger partial charge in [-0.1, -0.05) is 20.8 Å². The summed E-state index contributed by atoms with van der Waals surface area (Å²) >= 11 is 0. The van der Waals surface area contributed by atoms with Crippen molar-refractivity contribution in [1.29, 1.82) is 0 Å². The molecular formula is C14H27NO. The van der Waals surface area contributed by atoms with E-state index >= 15 is 0 Å². The molecule has 2 unspecified atom stereocenters. The molecule has 2 aliphatic rings. The van der Waals surface area contributed by atoms with E-state index in [0.29, 0.717) is 10.8 Å². The molecule has 16 heavy (non-hydrogen) atoms. The van der Waals surface area contributed by atoms with Gasteiger partial charge in [0.25, 0.3) is 0 Å². The number of fused-ring (bicyclic) bond motifs is 1. The molecule has 1 heterocycles. The number of β-amino-alcohol motifs (C(OH)–C–C–N with tert-alkyl or cyclic N) is 1. The van der Waals surface area contributed by atoms with Gasteiger partial charge in [-0.25, -0.2) is 0 Å². The van der Waals surface area contributed by atoms with E-state index in [9.17, 15) is 5.11 Å². The molecular weight excluding hydrogens is 198 g/mol. The highest BCUT2D eigenvalue weighted by atomic mass is 16.3. The third-order valence-electron chi connectivity index (χ3n) is 4.81. The Morgan fingerprint density at radius 1 is 1.19 bits per heavy atom. The maximum Gasteiger partial charge on any atom is 0.0718 e. The predicted octanol–water partition coefficient (Wildman–Crippen LogP) is 2.52. The van der Waals surface area contributed by atoms with E-state index in [1.807, 2.05) is 13.8 Å². The molecule has 2 atom stereocenters. The number of likely N-dealkylation sites (tertiary alicyclic amines) is 1. The van der Waals surface area contributed by atoms with E-state index in [2.05, 4.69) is 25.7 Å². The molecule has 2 heteroatoms. The molecule has 1 saturated heterocycles. The zero-order valence-electron chi connectivity index (χ0n) is 11.5. The van der Waals surface area contributed by atoms with E-state index < -0.39 is 5.60 Å². The minimum Gasteiger partial charge on any atom is -0.389 e. The Labute approximate surface area is 100 Å². The van der Waals surface area contributed by atoms with Crippen LogP contribution in [0, 0.1) is 16.7 Å². The van der Waals surface area contributed by atoms with Crippen LogP contribution in [0.4, 0.5) is 0 Å². The van der Waals surface area contributed by atoms with Gasteiger partial charge in [-0.15, -0.1) is 0 Å². The van der Waals surface area contributed by atoms with Crippen molar-refractivity contribution >= 4 is 0 Å². The number of hydrogen-bond donors (Lipinski definition) is 1. The van der Waals surface area contributed by atoms with Crippen LogP contribution in [-0.2, 0) is 0 Å². The largest absolute Gasteiger partial charge is 0.389 e. The topological polar surface area (TPSA) is 23.5 Å². The number of rotatable bonds is 2. The van der Waals surface area contributed by atoms with Crippen molar-refractivity contribution < 1.29 is 5.11 Å². The summed E-state index contributed by atoms with van der Waals surface area (Å²) in [5, 5.41) is 9.92. The summed E-state index contributed by atoms with van der Waals surface area (Å²) in [6.45, 7) is 14.2. The Kier molecular flexibility index (Phi) is 2.67. The zero-order valence-corrected chi connectivity index (χ0v) is 11.5. The van der Waals surface area contributed by atoms with Crippen LogP contribution in [0.3, 0.4) is 0 Å². The molecule has 0 bridgehead atoms. The van der Waals surface area contributed by atoms with Crippen LogP contribution in [0.25, 0.3) is 0 Å². The van der Waals surface area contributed by atoms with Crippen LogP contribution in [-0.4, -0.2) is 35.2 Å². The molecule has 2 rings (SSSR count). The third-order valence-corrected chi connectivity index (χ3v) is 4.81. The van der Waals surface area contributed by atoms with Gasteiger partial charge in [-0.2, -0.15) is 0 Å². The molecule has 2 fully saturated rings. The van der Waals surface area contributed by atoms with Crippen molar-refractivity contribution in [2.75, 3.05) is 19.6 Å². The Bertz CT molecular complexity index is 263. The van der Waals surface area contributed by atoms with E-state index in [-0.39, 0.29) is 0 Å². The van der Waals surface area contributed by atoms with E-state index in [0.717, 1.165) is 25.6 Å². The molecule has 0 aromatic heterocycles. The second-order valence-corrected chi connectivity index (χ2v) is 7.59. The van der Waals surface area contributed by atoms with Crippen LogP contribution < -0.4 is 0 Å². The van der Waals surface area contributed by atoms with Gasteiger partial charge in [0, 0.05) is 19.6 Å². The highest BCUT2D eigenvalue weighted by molar-refractivity contribution is 5.08. The van der Waals surface area contributed by atoms with Crippen molar-refractivity contribution in [1.82, 2.24) is 4.90 Å². The van der Waals surface area contributed by atoms with E-state index in [1.54, 1.807) is 0 Å². The first-order valence-electron chi connectivity index (χ1n) is 6.58. The summed E-state index contributed by atoms with van der Waals surface area (Å²) in [7, 11) is 0. The van der Waals surface area contributed by atoms with Crippen molar-refractivity contribution in [3.63, 3.8) is 0 Å². The lowest BCUT2D eigenvalue weighted by molar-refractivity contribution is 0.0386. The fourth-order valence-corrected chi connectivity index (χ4v) is 4.32. The van der Waals surface area contributed by atoms with Gasteiger partial charge in [0.05, 0.1) is 5.60 Å². The highest BCUT2D eigenvalue weighted by Crippen LogP contribution is 2.59. The first-order valence-corrected chi connectivity index (χ1v) is 6.58. The van der Waals surface area contributed by atoms with Gasteiger partial charge in [0.15, 0.2) is 0 Å². The monoisotopic (exact) mass is 225 g/mol. The molecule has 0 aromatic carbocycles. The zero-order chi connectivity index (χ0) is 12.2.